The summed E-state index contributed by atoms with van der Waals surface area (Å²) in [5, 5.41) is 11.3. The van der Waals surface area contributed by atoms with Gasteiger partial charge in [-0.2, -0.15) is 0 Å². The van der Waals surface area contributed by atoms with E-state index in [4.69, 9.17) is 10.5 Å². The third kappa shape index (κ3) is 2.62. The monoisotopic (exact) mass is 251 g/mol. The van der Waals surface area contributed by atoms with Gasteiger partial charge in [0.05, 0.1) is 18.8 Å². The van der Waals surface area contributed by atoms with E-state index in [0.717, 1.165) is 0 Å². The van der Waals surface area contributed by atoms with Crippen molar-refractivity contribution in [3.05, 3.63) is 24.0 Å². The van der Waals surface area contributed by atoms with Crippen LogP contribution in [0.1, 0.15) is 6.92 Å². The average molecular weight is 251 g/mol. The van der Waals surface area contributed by atoms with Crippen molar-refractivity contribution in [3.63, 3.8) is 0 Å². The average Bonchev–Trinajstić information content (AvgIpc) is 2.81. The summed E-state index contributed by atoms with van der Waals surface area (Å²) < 4.78 is 20.2. The Balaban J connectivity index is 2.22. The zero-order chi connectivity index (χ0) is 13.0. The van der Waals surface area contributed by atoms with Crippen molar-refractivity contribution in [2.75, 3.05) is 18.9 Å². The molecule has 0 atom stereocenters. The molecule has 0 spiro atoms. The molecule has 18 heavy (non-hydrogen) atoms. The lowest BCUT2D eigenvalue weighted by molar-refractivity contribution is 0.136. The number of benzene rings is 1. The SMILES string of the molecule is CCOCCn1nnnc1-c1ccc(N)c(F)c1. The van der Waals surface area contributed by atoms with Crippen molar-refractivity contribution < 1.29 is 9.13 Å². The zero-order valence-corrected chi connectivity index (χ0v) is 10.0. The van der Waals surface area contributed by atoms with Gasteiger partial charge in [0.2, 0.25) is 0 Å². The highest BCUT2D eigenvalue weighted by Gasteiger charge is 2.10. The third-order valence-corrected chi connectivity index (χ3v) is 2.44. The van der Waals surface area contributed by atoms with Crippen molar-refractivity contribution in [1.29, 1.82) is 0 Å². The van der Waals surface area contributed by atoms with Gasteiger partial charge in [0.15, 0.2) is 5.82 Å². The van der Waals surface area contributed by atoms with Crippen LogP contribution in [0.4, 0.5) is 10.1 Å². The number of rotatable bonds is 5. The van der Waals surface area contributed by atoms with Gasteiger partial charge >= 0.3 is 0 Å². The Morgan fingerprint density at radius 3 is 3.00 bits per heavy atom. The van der Waals surface area contributed by atoms with E-state index in [2.05, 4.69) is 15.5 Å². The lowest BCUT2D eigenvalue weighted by atomic mass is 10.2. The number of tetrazole rings is 1. The molecule has 1 aromatic heterocycles. The summed E-state index contributed by atoms with van der Waals surface area (Å²) >= 11 is 0. The van der Waals surface area contributed by atoms with Crippen molar-refractivity contribution in [3.8, 4) is 11.4 Å². The fourth-order valence-corrected chi connectivity index (χ4v) is 1.52. The number of halogens is 1. The lowest BCUT2D eigenvalue weighted by Crippen LogP contribution is -2.09. The molecule has 0 bridgehead atoms. The number of nitrogens with two attached hydrogens (primary N) is 1. The standard InChI is InChI=1S/C11H14FN5O/c1-2-18-6-5-17-11(14-15-16-17)8-3-4-10(13)9(12)7-8/h3-4,7H,2,5-6,13H2,1H3. The van der Waals surface area contributed by atoms with Gasteiger partial charge < -0.3 is 10.5 Å². The zero-order valence-electron chi connectivity index (χ0n) is 10.0. The quantitative estimate of drug-likeness (QED) is 0.636. The second kappa shape index (κ2) is 5.54. The molecule has 1 aromatic carbocycles. The van der Waals surface area contributed by atoms with E-state index in [0.29, 0.717) is 31.1 Å². The molecule has 0 amide bonds. The fraction of sp³-hybridized carbons (Fsp3) is 0.364. The molecule has 0 aliphatic carbocycles. The number of aromatic nitrogens is 4. The van der Waals surface area contributed by atoms with Gasteiger partial charge in [0, 0.05) is 12.2 Å². The molecule has 2 rings (SSSR count). The Morgan fingerprint density at radius 1 is 1.44 bits per heavy atom. The largest absolute Gasteiger partial charge is 0.396 e. The summed E-state index contributed by atoms with van der Waals surface area (Å²) in [5.41, 5.74) is 6.11. The van der Waals surface area contributed by atoms with Gasteiger partial charge in [-0.05, 0) is 35.5 Å². The Kier molecular flexibility index (Phi) is 3.83. The van der Waals surface area contributed by atoms with E-state index in [1.807, 2.05) is 6.92 Å². The molecule has 0 unspecified atom stereocenters. The summed E-state index contributed by atoms with van der Waals surface area (Å²) in [5.74, 6) is 0.0143. The number of hydrogen-bond donors (Lipinski definition) is 1. The van der Waals surface area contributed by atoms with Gasteiger partial charge in [-0.1, -0.05) is 0 Å². The van der Waals surface area contributed by atoms with Gasteiger partial charge in [-0.3, -0.25) is 0 Å². The Morgan fingerprint density at radius 2 is 2.28 bits per heavy atom. The van der Waals surface area contributed by atoms with Gasteiger partial charge in [0.25, 0.3) is 0 Å². The maximum atomic E-state index is 13.4. The van der Waals surface area contributed by atoms with Crippen molar-refractivity contribution in [2.24, 2.45) is 0 Å². The molecule has 2 aromatic rings. The summed E-state index contributed by atoms with van der Waals surface area (Å²) in [6, 6.07) is 4.49. The second-order valence-corrected chi connectivity index (χ2v) is 3.66. The van der Waals surface area contributed by atoms with E-state index < -0.39 is 5.82 Å². The van der Waals surface area contributed by atoms with E-state index in [1.54, 1.807) is 10.7 Å². The first kappa shape index (κ1) is 12.4. The topological polar surface area (TPSA) is 78.8 Å². The number of nitrogens with zero attached hydrogens (tertiary/aromatic N) is 4. The molecule has 0 saturated carbocycles. The molecule has 0 radical (unpaired) electrons. The molecule has 0 saturated heterocycles. The summed E-state index contributed by atoms with van der Waals surface area (Å²) in [6.45, 7) is 3.57. The van der Waals surface area contributed by atoms with E-state index in [1.165, 1.54) is 12.1 Å². The Labute approximate surface area is 104 Å². The van der Waals surface area contributed by atoms with E-state index in [-0.39, 0.29) is 5.69 Å². The van der Waals surface area contributed by atoms with Gasteiger partial charge in [0.1, 0.15) is 5.82 Å². The van der Waals surface area contributed by atoms with Crippen LogP contribution in [0.5, 0.6) is 0 Å². The van der Waals surface area contributed by atoms with Gasteiger partial charge in [-0.25, -0.2) is 9.07 Å². The minimum absolute atomic E-state index is 0.104. The molecule has 0 aliphatic rings. The summed E-state index contributed by atoms with van der Waals surface area (Å²) in [7, 11) is 0. The minimum atomic E-state index is -0.480. The maximum absolute atomic E-state index is 13.4. The third-order valence-electron chi connectivity index (χ3n) is 2.44. The number of hydrogen-bond acceptors (Lipinski definition) is 5. The molecule has 0 fully saturated rings. The molecule has 6 nitrogen and oxygen atoms in total. The van der Waals surface area contributed by atoms with Crippen LogP contribution in [-0.2, 0) is 11.3 Å². The van der Waals surface area contributed by atoms with Crippen LogP contribution in [-0.4, -0.2) is 33.4 Å². The van der Waals surface area contributed by atoms with E-state index >= 15 is 0 Å². The molecule has 0 aliphatic heterocycles. The first-order valence-corrected chi connectivity index (χ1v) is 5.61. The normalized spacial score (nSPS) is 10.8. The fourth-order valence-electron chi connectivity index (χ4n) is 1.52. The first-order valence-electron chi connectivity index (χ1n) is 5.61. The highest BCUT2D eigenvalue weighted by Crippen LogP contribution is 2.20. The number of anilines is 1. The van der Waals surface area contributed by atoms with Crippen molar-refractivity contribution >= 4 is 5.69 Å². The summed E-state index contributed by atoms with van der Waals surface area (Å²) in [6.07, 6.45) is 0. The molecule has 7 heteroatoms. The molecule has 96 valence electrons. The van der Waals surface area contributed by atoms with Crippen LogP contribution in [0.25, 0.3) is 11.4 Å². The van der Waals surface area contributed by atoms with Crippen LogP contribution in [0.15, 0.2) is 18.2 Å². The highest BCUT2D eigenvalue weighted by atomic mass is 19.1. The van der Waals surface area contributed by atoms with Crippen LogP contribution in [0.3, 0.4) is 0 Å². The summed E-state index contributed by atoms with van der Waals surface area (Å²) in [4.78, 5) is 0. The first-order chi connectivity index (χ1) is 8.72. The highest BCUT2D eigenvalue weighted by molar-refractivity contribution is 5.58. The van der Waals surface area contributed by atoms with Crippen molar-refractivity contribution in [1.82, 2.24) is 20.2 Å². The Bertz CT molecular complexity index is 528. The molecular formula is C11H14FN5O. The van der Waals surface area contributed by atoms with Crippen LogP contribution >= 0.6 is 0 Å². The van der Waals surface area contributed by atoms with Crippen LogP contribution in [0, 0.1) is 5.82 Å². The molecule has 1 heterocycles. The maximum Gasteiger partial charge on any atom is 0.182 e. The molecular weight excluding hydrogens is 237 g/mol. The predicted molar refractivity (Wildman–Crippen MR) is 64.1 cm³/mol. The van der Waals surface area contributed by atoms with Crippen LogP contribution < -0.4 is 5.73 Å². The van der Waals surface area contributed by atoms with Crippen LogP contribution in [0.2, 0.25) is 0 Å². The van der Waals surface area contributed by atoms with E-state index in [9.17, 15) is 4.39 Å². The Hall–Kier alpha value is -2.02. The second-order valence-electron chi connectivity index (χ2n) is 3.66. The minimum Gasteiger partial charge on any atom is -0.396 e. The number of ether oxygens (including phenoxy) is 1. The molecule has 2 N–H and O–H groups in total. The van der Waals surface area contributed by atoms with Crippen molar-refractivity contribution in [2.45, 2.75) is 13.5 Å². The smallest absolute Gasteiger partial charge is 0.182 e. The lowest BCUT2D eigenvalue weighted by Gasteiger charge is -2.05. The van der Waals surface area contributed by atoms with Gasteiger partial charge in [-0.15, -0.1) is 5.10 Å². The predicted octanol–water partition coefficient (Wildman–Crippen LogP) is 1.10. The number of nitrogen functional groups attached to an aromatic ring is 1.